The third-order valence-corrected chi connectivity index (χ3v) is 3.86. The van der Waals surface area contributed by atoms with Crippen molar-refractivity contribution in [1.82, 2.24) is 10.9 Å². The van der Waals surface area contributed by atoms with Crippen molar-refractivity contribution in [2.75, 3.05) is 6.61 Å². The molecule has 0 fully saturated rings. The number of hydrogen-bond acceptors (Lipinski definition) is 3. The molecule has 0 spiro atoms. The lowest BCUT2D eigenvalue weighted by molar-refractivity contribution is -0.123. The number of hydrazine groups is 1. The highest BCUT2D eigenvalue weighted by molar-refractivity contribution is 9.10. The highest BCUT2D eigenvalue weighted by Gasteiger charge is 2.06. The maximum Gasteiger partial charge on any atom is 0.276 e. The molecule has 1 amide bonds. The van der Waals surface area contributed by atoms with Crippen LogP contribution >= 0.6 is 27.5 Å². The summed E-state index contributed by atoms with van der Waals surface area (Å²) in [6, 6.07) is 12.8. The van der Waals surface area contributed by atoms with Crippen LogP contribution in [0.3, 0.4) is 0 Å². The zero-order valence-corrected chi connectivity index (χ0v) is 14.9. The highest BCUT2D eigenvalue weighted by atomic mass is 79.9. The molecule has 0 unspecified atom stereocenters. The molecule has 0 saturated heterocycles. The van der Waals surface area contributed by atoms with Crippen LogP contribution in [0, 0.1) is 6.92 Å². The van der Waals surface area contributed by atoms with Crippen molar-refractivity contribution in [1.29, 1.82) is 0 Å². The Kier molecular flexibility index (Phi) is 6.07. The smallest absolute Gasteiger partial charge is 0.276 e. The fourth-order valence-corrected chi connectivity index (χ4v) is 2.50. The van der Waals surface area contributed by atoms with E-state index in [2.05, 4.69) is 33.4 Å². The number of nitrogens with one attached hydrogen (secondary N) is 2. The van der Waals surface area contributed by atoms with E-state index in [0.717, 1.165) is 15.6 Å². The monoisotopic (exact) mass is 394 g/mol. The van der Waals surface area contributed by atoms with Crippen molar-refractivity contribution >= 4 is 39.1 Å². The van der Waals surface area contributed by atoms with Gasteiger partial charge in [0.25, 0.3) is 5.91 Å². The summed E-state index contributed by atoms with van der Waals surface area (Å²) in [5, 5.41) is 0.641. The molecule has 0 aliphatic carbocycles. The Hall–Kier alpha value is -1.98. The van der Waals surface area contributed by atoms with Crippen molar-refractivity contribution in [3.63, 3.8) is 0 Å². The molecule has 23 heavy (non-hydrogen) atoms. The normalized spacial score (nSPS) is 10.0. The molecular formula is C17H16BrClN2O2. The molecule has 0 atom stereocenters. The summed E-state index contributed by atoms with van der Waals surface area (Å²) in [7, 11) is 0. The molecule has 0 radical (unpaired) electrons. The van der Waals surface area contributed by atoms with Crippen LogP contribution in [0.4, 0.5) is 0 Å². The van der Waals surface area contributed by atoms with Crippen LogP contribution in [0.2, 0.25) is 5.02 Å². The van der Waals surface area contributed by atoms with Gasteiger partial charge < -0.3 is 4.74 Å². The van der Waals surface area contributed by atoms with Crippen LogP contribution in [-0.2, 0) is 4.79 Å². The summed E-state index contributed by atoms with van der Waals surface area (Å²) in [6.45, 7) is 5.72. The molecule has 0 heterocycles. The van der Waals surface area contributed by atoms with E-state index in [4.69, 9.17) is 16.3 Å². The minimum absolute atomic E-state index is 0.109. The van der Waals surface area contributed by atoms with Gasteiger partial charge >= 0.3 is 0 Å². The molecule has 0 aliphatic rings. The quantitative estimate of drug-likeness (QED) is 0.725. The Morgan fingerprint density at radius 3 is 2.57 bits per heavy atom. The number of ether oxygens (including phenoxy) is 1. The molecule has 120 valence electrons. The Morgan fingerprint density at radius 2 is 1.91 bits per heavy atom. The van der Waals surface area contributed by atoms with Gasteiger partial charge in [-0.05, 0) is 58.2 Å². The summed E-state index contributed by atoms with van der Waals surface area (Å²) in [4.78, 5) is 11.8. The minimum Gasteiger partial charge on any atom is -0.483 e. The summed E-state index contributed by atoms with van der Waals surface area (Å²) in [5.41, 5.74) is 7.78. The maximum absolute atomic E-state index is 11.8. The molecule has 2 aromatic carbocycles. The van der Waals surface area contributed by atoms with Gasteiger partial charge in [0, 0.05) is 5.02 Å². The fourth-order valence-electron chi connectivity index (χ4n) is 1.77. The number of carbonyl (C=O) groups excluding carboxylic acids is 1. The van der Waals surface area contributed by atoms with E-state index in [-0.39, 0.29) is 12.5 Å². The molecule has 2 aromatic rings. The van der Waals surface area contributed by atoms with Gasteiger partial charge in [0.2, 0.25) is 0 Å². The third-order valence-electron chi connectivity index (χ3n) is 2.99. The number of aryl methyl sites for hydroxylation is 1. The second-order valence-electron chi connectivity index (χ2n) is 4.88. The first-order valence-electron chi connectivity index (χ1n) is 6.84. The van der Waals surface area contributed by atoms with E-state index in [9.17, 15) is 4.79 Å². The van der Waals surface area contributed by atoms with E-state index in [1.54, 1.807) is 12.1 Å². The second kappa shape index (κ2) is 8.04. The zero-order chi connectivity index (χ0) is 16.8. The van der Waals surface area contributed by atoms with Crippen LogP contribution in [-0.4, -0.2) is 12.5 Å². The highest BCUT2D eigenvalue weighted by Crippen LogP contribution is 2.25. The van der Waals surface area contributed by atoms with Gasteiger partial charge in [-0.3, -0.25) is 15.6 Å². The Morgan fingerprint density at radius 1 is 1.22 bits per heavy atom. The van der Waals surface area contributed by atoms with Crippen molar-refractivity contribution in [3.8, 4) is 5.75 Å². The molecule has 4 nitrogen and oxygen atoms in total. The molecule has 0 aliphatic heterocycles. The van der Waals surface area contributed by atoms with Gasteiger partial charge in [-0.2, -0.15) is 0 Å². The van der Waals surface area contributed by atoms with Gasteiger partial charge in [0.15, 0.2) is 6.61 Å². The number of hydrogen-bond donors (Lipinski definition) is 2. The predicted octanol–water partition coefficient (Wildman–Crippen LogP) is 4.08. The summed E-state index contributed by atoms with van der Waals surface area (Å²) in [5.74, 6) is 0.301. The number of benzene rings is 2. The summed E-state index contributed by atoms with van der Waals surface area (Å²) >= 11 is 9.22. The SMILES string of the molecule is C=C(NNC(=O)COc1ccc(C)cc1Br)c1ccc(Cl)cc1. The van der Waals surface area contributed by atoms with Crippen LogP contribution in [0.1, 0.15) is 11.1 Å². The largest absolute Gasteiger partial charge is 0.483 e. The average molecular weight is 396 g/mol. The van der Waals surface area contributed by atoms with Gasteiger partial charge in [0.05, 0.1) is 10.2 Å². The zero-order valence-electron chi connectivity index (χ0n) is 12.5. The molecular weight excluding hydrogens is 380 g/mol. The first-order valence-corrected chi connectivity index (χ1v) is 8.01. The van der Waals surface area contributed by atoms with Crippen molar-refractivity contribution in [3.05, 3.63) is 69.7 Å². The fraction of sp³-hybridized carbons (Fsp3) is 0.118. The van der Waals surface area contributed by atoms with E-state index < -0.39 is 0 Å². The lowest BCUT2D eigenvalue weighted by Gasteiger charge is -2.12. The topological polar surface area (TPSA) is 50.4 Å². The standard InChI is InChI=1S/C17H16BrClN2O2/c1-11-3-8-16(15(18)9-11)23-10-17(22)21-20-12(2)13-4-6-14(19)7-5-13/h3-9,20H,2,10H2,1H3,(H,21,22). The number of amides is 1. The van der Waals surface area contributed by atoms with Crippen molar-refractivity contribution in [2.45, 2.75) is 6.92 Å². The van der Waals surface area contributed by atoms with Gasteiger partial charge in [0.1, 0.15) is 5.75 Å². The Bertz CT molecular complexity index is 717. The van der Waals surface area contributed by atoms with Crippen LogP contribution in [0.5, 0.6) is 5.75 Å². The Balaban J connectivity index is 1.81. The van der Waals surface area contributed by atoms with Gasteiger partial charge in [-0.15, -0.1) is 0 Å². The van der Waals surface area contributed by atoms with E-state index >= 15 is 0 Å². The molecule has 0 saturated carbocycles. The van der Waals surface area contributed by atoms with Crippen molar-refractivity contribution in [2.24, 2.45) is 0 Å². The number of halogens is 2. The first-order chi connectivity index (χ1) is 11.0. The molecule has 0 bridgehead atoms. The molecule has 2 rings (SSSR count). The van der Waals surface area contributed by atoms with E-state index in [1.165, 1.54) is 0 Å². The molecule has 2 N–H and O–H groups in total. The summed E-state index contributed by atoms with van der Waals surface area (Å²) < 4.78 is 6.27. The number of rotatable bonds is 6. The first kappa shape index (κ1) is 17.4. The molecule has 0 aromatic heterocycles. The van der Waals surface area contributed by atoms with Gasteiger partial charge in [-0.25, -0.2) is 0 Å². The Labute approximate surface area is 148 Å². The van der Waals surface area contributed by atoms with E-state index in [1.807, 2.05) is 37.3 Å². The summed E-state index contributed by atoms with van der Waals surface area (Å²) in [6.07, 6.45) is 0. The van der Waals surface area contributed by atoms with Crippen LogP contribution < -0.4 is 15.6 Å². The average Bonchev–Trinajstić information content (AvgIpc) is 2.52. The molecule has 6 heteroatoms. The maximum atomic E-state index is 11.8. The lowest BCUT2D eigenvalue weighted by Crippen LogP contribution is -2.39. The van der Waals surface area contributed by atoms with Gasteiger partial charge in [-0.1, -0.05) is 36.4 Å². The van der Waals surface area contributed by atoms with E-state index in [0.29, 0.717) is 16.5 Å². The lowest BCUT2D eigenvalue weighted by atomic mass is 10.2. The third kappa shape index (κ3) is 5.30. The number of carbonyl (C=O) groups is 1. The minimum atomic E-state index is -0.312. The predicted molar refractivity (Wildman–Crippen MR) is 96.1 cm³/mol. The second-order valence-corrected chi connectivity index (χ2v) is 6.17. The van der Waals surface area contributed by atoms with Crippen molar-refractivity contribution < 1.29 is 9.53 Å². The van der Waals surface area contributed by atoms with Crippen LogP contribution in [0.15, 0.2) is 53.5 Å². The van der Waals surface area contributed by atoms with Crippen LogP contribution in [0.25, 0.3) is 5.70 Å².